The van der Waals surface area contributed by atoms with Gasteiger partial charge in [-0.15, -0.1) is 0 Å². The Morgan fingerprint density at radius 3 is 2.38 bits per heavy atom. The van der Waals surface area contributed by atoms with Gasteiger partial charge in [0.05, 0.1) is 0 Å². The molecule has 194 valence electrons. The van der Waals surface area contributed by atoms with Gasteiger partial charge in [0.25, 0.3) is 5.91 Å². The van der Waals surface area contributed by atoms with E-state index in [1.165, 1.54) is 36.1 Å². The normalized spacial score (nSPS) is 19.1. The third-order valence-corrected chi connectivity index (χ3v) is 7.84. The van der Waals surface area contributed by atoms with Crippen LogP contribution in [-0.4, -0.2) is 61.1 Å². The lowest BCUT2D eigenvalue weighted by atomic mass is 10.0. The van der Waals surface area contributed by atoms with Gasteiger partial charge in [-0.25, -0.2) is 0 Å². The SMILES string of the molecule is CN1CCCC1CCNC(=O)c1cccc(OC2CCN(Cc3ccc(-c4ccccc4)cc3)CC2)c1. The van der Waals surface area contributed by atoms with Crippen molar-refractivity contribution in [1.29, 1.82) is 0 Å². The smallest absolute Gasteiger partial charge is 0.251 e. The van der Waals surface area contributed by atoms with Crippen LogP contribution in [0.3, 0.4) is 0 Å². The molecular formula is C32H39N3O2. The van der Waals surface area contributed by atoms with Crippen LogP contribution < -0.4 is 10.1 Å². The van der Waals surface area contributed by atoms with Crippen LogP contribution in [0, 0.1) is 0 Å². The average molecular weight is 498 g/mol. The van der Waals surface area contributed by atoms with E-state index in [0.717, 1.165) is 44.6 Å². The van der Waals surface area contributed by atoms with E-state index in [0.29, 0.717) is 18.2 Å². The summed E-state index contributed by atoms with van der Waals surface area (Å²) in [6.45, 7) is 4.88. The molecule has 37 heavy (non-hydrogen) atoms. The molecule has 1 unspecified atom stereocenters. The zero-order valence-corrected chi connectivity index (χ0v) is 21.9. The summed E-state index contributed by atoms with van der Waals surface area (Å²) < 4.78 is 6.30. The molecule has 0 radical (unpaired) electrons. The number of amides is 1. The fraction of sp³-hybridized carbons (Fsp3) is 0.406. The lowest BCUT2D eigenvalue weighted by Gasteiger charge is -2.32. The molecule has 5 heteroatoms. The predicted molar refractivity (Wildman–Crippen MR) is 150 cm³/mol. The van der Waals surface area contributed by atoms with E-state index in [1.54, 1.807) is 0 Å². The van der Waals surface area contributed by atoms with Crippen molar-refractivity contribution in [2.45, 2.75) is 50.8 Å². The van der Waals surface area contributed by atoms with E-state index < -0.39 is 0 Å². The highest BCUT2D eigenvalue weighted by Gasteiger charge is 2.22. The highest BCUT2D eigenvalue weighted by molar-refractivity contribution is 5.94. The van der Waals surface area contributed by atoms with Crippen LogP contribution in [-0.2, 0) is 6.54 Å². The molecule has 2 aliphatic rings. The molecule has 2 heterocycles. The zero-order valence-electron chi connectivity index (χ0n) is 21.9. The van der Waals surface area contributed by atoms with Crippen LogP contribution in [0.1, 0.15) is 48.0 Å². The van der Waals surface area contributed by atoms with Gasteiger partial charge in [-0.2, -0.15) is 0 Å². The van der Waals surface area contributed by atoms with Crippen molar-refractivity contribution < 1.29 is 9.53 Å². The second-order valence-electron chi connectivity index (χ2n) is 10.5. The molecule has 0 aromatic heterocycles. The van der Waals surface area contributed by atoms with Gasteiger partial charge >= 0.3 is 0 Å². The first-order chi connectivity index (χ1) is 18.1. The van der Waals surface area contributed by atoms with Gasteiger partial charge in [-0.1, -0.05) is 60.7 Å². The highest BCUT2D eigenvalue weighted by atomic mass is 16.5. The molecule has 1 N–H and O–H groups in total. The van der Waals surface area contributed by atoms with E-state index >= 15 is 0 Å². The van der Waals surface area contributed by atoms with Crippen molar-refractivity contribution in [1.82, 2.24) is 15.1 Å². The summed E-state index contributed by atoms with van der Waals surface area (Å²) in [6.07, 6.45) is 5.67. The van der Waals surface area contributed by atoms with Crippen molar-refractivity contribution in [2.75, 3.05) is 33.2 Å². The molecule has 2 fully saturated rings. The Labute approximate surface area is 221 Å². The van der Waals surface area contributed by atoms with E-state index in [4.69, 9.17) is 4.74 Å². The number of carbonyl (C=O) groups is 1. The Balaban J connectivity index is 1.06. The first-order valence-corrected chi connectivity index (χ1v) is 13.8. The minimum absolute atomic E-state index is 0.0146. The molecule has 5 nitrogen and oxygen atoms in total. The number of likely N-dealkylation sites (tertiary alicyclic amines) is 2. The summed E-state index contributed by atoms with van der Waals surface area (Å²) in [5, 5.41) is 3.09. The van der Waals surface area contributed by atoms with E-state index in [1.807, 2.05) is 24.3 Å². The van der Waals surface area contributed by atoms with Crippen molar-refractivity contribution in [3.05, 3.63) is 90.0 Å². The number of ether oxygens (including phenoxy) is 1. The molecule has 0 bridgehead atoms. The molecule has 3 aromatic carbocycles. The first kappa shape index (κ1) is 25.5. The van der Waals surface area contributed by atoms with Gasteiger partial charge in [0.1, 0.15) is 11.9 Å². The van der Waals surface area contributed by atoms with Gasteiger partial charge in [0.15, 0.2) is 0 Å². The van der Waals surface area contributed by atoms with Crippen LogP contribution in [0.15, 0.2) is 78.9 Å². The molecule has 2 saturated heterocycles. The summed E-state index contributed by atoms with van der Waals surface area (Å²) in [7, 11) is 2.17. The van der Waals surface area contributed by atoms with Crippen LogP contribution in [0.4, 0.5) is 0 Å². The summed E-state index contributed by atoms with van der Waals surface area (Å²) in [5.41, 5.74) is 4.53. The number of nitrogens with zero attached hydrogens (tertiary/aromatic N) is 2. The largest absolute Gasteiger partial charge is 0.490 e. The number of rotatable bonds is 9. The van der Waals surface area contributed by atoms with Crippen LogP contribution in [0.5, 0.6) is 5.75 Å². The van der Waals surface area contributed by atoms with Gasteiger partial charge in [-0.05, 0) is 80.6 Å². The molecule has 3 aromatic rings. The standard InChI is InChI=1S/C32H39N3O2/c1-34-20-6-10-29(34)16-19-33-32(36)28-9-5-11-31(23-28)37-30-17-21-35(22-18-30)24-25-12-14-27(15-13-25)26-7-3-2-4-8-26/h2-5,7-9,11-15,23,29-30H,6,10,16-22,24H2,1H3,(H,33,36). The van der Waals surface area contributed by atoms with E-state index in [2.05, 4.69) is 76.8 Å². The maximum atomic E-state index is 12.7. The molecule has 1 amide bonds. The van der Waals surface area contributed by atoms with Crippen molar-refractivity contribution in [3.63, 3.8) is 0 Å². The second kappa shape index (κ2) is 12.4. The lowest BCUT2D eigenvalue weighted by Crippen LogP contribution is -2.37. The van der Waals surface area contributed by atoms with E-state index in [-0.39, 0.29) is 12.0 Å². The van der Waals surface area contributed by atoms with Crippen molar-refractivity contribution >= 4 is 5.91 Å². The zero-order chi connectivity index (χ0) is 25.5. The van der Waals surface area contributed by atoms with Gasteiger partial charge in [0.2, 0.25) is 0 Å². The fourth-order valence-electron chi connectivity index (χ4n) is 5.58. The number of hydrogen-bond donors (Lipinski definition) is 1. The highest BCUT2D eigenvalue weighted by Crippen LogP contribution is 2.23. The minimum atomic E-state index is -0.0146. The van der Waals surface area contributed by atoms with Crippen LogP contribution >= 0.6 is 0 Å². The summed E-state index contributed by atoms with van der Waals surface area (Å²) in [6, 6.07) is 27.7. The Morgan fingerprint density at radius 2 is 1.65 bits per heavy atom. The fourth-order valence-corrected chi connectivity index (χ4v) is 5.58. The van der Waals surface area contributed by atoms with Gasteiger partial charge < -0.3 is 15.0 Å². The third-order valence-electron chi connectivity index (χ3n) is 7.84. The quantitative estimate of drug-likeness (QED) is 0.417. The molecule has 2 aliphatic heterocycles. The monoisotopic (exact) mass is 497 g/mol. The molecule has 1 atom stereocenters. The topological polar surface area (TPSA) is 44.8 Å². The number of hydrogen-bond acceptors (Lipinski definition) is 4. The summed E-state index contributed by atoms with van der Waals surface area (Å²) in [5.74, 6) is 0.775. The number of nitrogens with one attached hydrogen (secondary N) is 1. The first-order valence-electron chi connectivity index (χ1n) is 13.8. The predicted octanol–water partition coefficient (Wildman–Crippen LogP) is 5.61. The molecular weight excluding hydrogens is 458 g/mol. The maximum absolute atomic E-state index is 12.7. The minimum Gasteiger partial charge on any atom is -0.490 e. The Kier molecular flexibility index (Phi) is 8.54. The Bertz CT molecular complexity index is 1140. The van der Waals surface area contributed by atoms with Gasteiger partial charge in [-0.3, -0.25) is 9.69 Å². The average Bonchev–Trinajstić information content (AvgIpc) is 3.35. The number of benzene rings is 3. The van der Waals surface area contributed by atoms with Crippen molar-refractivity contribution in [2.24, 2.45) is 0 Å². The van der Waals surface area contributed by atoms with Crippen LogP contribution in [0.2, 0.25) is 0 Å². The second-order valence-corrected chi connectivity index (χ2v) is 10.5. The van der Waals surface area contributed by atoms with Crippen LogP contribution in [0.25, 0.3) is 11.1 Å². The lowest BCUT2D eigenvalue weighted by molar-refractivity contribution is 0.0934. The Hall–Kier alpha value is -3.15. The molecule has 0 aliphatic carbocycles. The summed E-state index contributed by atoms with van der Waals surface area (Å²) >= 11 is 0. The molecule has 5 rings (SSSR count). The maximum Gasteiger partial charge on any atom is 0.251 e. The number of carbonyl (C=O) groups excluding carboxylic acids is 1. The third kappa shape index (κ3) is 7.00. The molecule has 0 saturated carbocycles. The number of piperidine rings is 1. The molecule has 0 spiro atoms. The summed E-state index contributed by atoms with van der Waals surface area (Å²) in [4.78, 5) is 17.6. The van der Waals surface area contributed by atoms with E-state index in [9.17, 15) is 4.79 Å². The van der Waals surface area contributed by atoms with Gasteiger partial charge in [0, 0.05) is 37.8 Å². The van der Waals surface area contributed by atoms with Crippen molar-refractivity contribution in [3.8, 4) is 16.9 Å². The Morgan fingerprint density at radius 1 is 0.892 bits per heavy atom.